The number of rotatable bonds is 2. The van der Waals surface area contributed by atoms with Gasteiger partial charge in [-0.3, -0.25) is 4.79 Å². The quantitative estimate of drug-likeness (QED) is 0.804. The molecular formula is C15H14FNO. The number of aromatic amines is 1. The number of carbonyl (C=O) groups excluding carboxylic acids is 1. The van der Waals surface area contributed by atoms with Crippen molar-refractivity contribution in [2.45, 2.75) is 19.3 Å². The van der Waals surface area contributed by atoms with E-state index in [9.17, 15) is 9.18 Å². The summed E-state index contributed by atoms with van der Waals surface area (Å²) in [4.78, 5) is 15.5. The Morgan fingerprint density at radius 3 is 2.78 bits per heavy atom. The molecule has 2 aliphatic carbocycles. The van der Waals surface area contributed by atoms with E-state index >= 15 is 0 Å². The molecule has 0 radical (unpaired) electrons. The van der Waals surface area contributed by atoms with Gasteiger partial charge in [-0.25, -0.2) is 4.39 Å². The standard InChI is InChI=1S/C15H14FNO/c16-11-1-2-12-13(7-17-14(12)6-11)15(18)10-4-8-3-9(8)5-10/h1-2,6-10,17H,3-5H2. The number of benzene rings is 1. The molecule has 2 unspecified atom stereocenters. The first-order chi connectivity index (χ1) is 8.72. The summed E-state index contributed by atoms with van der Waals surface area (Å²) in [7, 11) is 0. The molecule has 2 atom stereocenters. The summed E-state index contributed by atoms with van der Waals surface area (Å²) < 4.78 is 13.1. The summed E-state index contributed by atoms with van der Waals surface area (Å²) in [6, 6.07) is 4.56. The Kier molecular flexibility index (Phi) is 1.97. The Balaban J connectivity index is 1.71. The van der Waals surface area contributed by atoms with E-state index in [4.69, 9.17) is 0 Å². The molecule has 92 valence electrons. The first kappa shape index (κ1) is 10.3. The van der Waals surface area contributed by atoms with Crippen molar-refractivity contribution in [3.8, 4) is 0 Å². The van der Waals surface area contributed by atoms with E-state index < -0.39 is 0 Å². The summed E-state index contributed by atoms with van der Waals surface area (Å²) in [5, 5.41) is 0.849. The molecule has 2 fully saturated rings. The van der Waals surface area contributed by atoms with Crippen molar-refractivity contribution in [3.05, 3.63) is 35.8 Å². The monoisotopic (exact) mass is 243 g/mol. The van der Waals surface area contributed by atoms with Gasteiger partial charge in [0, 0.05) is 28.6 Å². The van der Waals surface area contributed by atoms with Crippen molar-refractivity contribution in [2.75, 3.05) is 0 Å². The number of fused-ring (bicyclic) bond motifs is 2. The van der Waals surface area contributed by atoms with Crippen LogP contribution < -0.4 is 0 Å². The summed E-state index contributed by atoms with van der Waals surface area (Å²) in [5.74, 6) is 1.77. The highest BCUT2D eigenvalue weighted by Gasteiger charge is 2.48. The second kappa shape index (κ2) is 3.44. The molecule has 0 spiro atoms. The third-order valence-corrected chi connectivity index (χ3v) is 4.52. The summed E-state index contributed by atoms with van der Waals surface area (Å²) in [5.41, 5.74) is 1.44. The van der Waals surface area contributed by atoms with Crippen LogP contribution in [-0.4, -0.2) is 10.8 Å². The lowest BCUT2D eigenvalue weighted by Gasteiger charge is -2.09. The molecule has 4 rings (SSSR count). The van der Waals surface area contributed by atoms with Crippen LogP contribution in [0.1, 0.15) is 29.6 Å². The number of carbonyl (C=O) groups is 1. The molecule has 1 heterocycles. The maximum atomic E-state index is 13.1. The number of H-pyrrole nitrogens is 1. The van der Waals surface area contributed by atoms with Gasteiger partial charge in [0.05, 0.1) is 0 Å². The minimum atomic E-state index is -0.273. The third-order valence-electron chi connectivity index (χ3n) is 4.52. The van der Waals surface area contributed by atoms with Crippen molar-refractivity contribution in [3.63, 3.8) is 0 Å². The highest BCUT2D eigenvalue weighted by Crippen LogP contribution is 2.55. The average Bonchev–Trinajstić information content (AvgIpc) is 2.81. The number of hydrogen-bond acceptors (Lipinski definition) is 1. The maximum Gasteiger partial charge on any atom is 0.168 e. The Morgan fingerprint density at radius 1 is 1.22 bits per heavy atom. The molecule has 0 aliphatic heterocycles. The van der Waals surface area contributed by atoms with E-state index in [0.29, 0.717) is 5.52 Å². The Hall–Kier alpha value is -1.64. The molecule has 1 N–H and O–H groups in total. The first-order valence-corrected chi connectivity index (χ1v) is 6.53. The molecule has 3 heteroatoms. The van der Waals surface area contributed by atoms with Gasteiger partial charge < -0.3 is 4.98 Å². The van der Waals surface area contributed by atoms with Crippen molar-refractivity contribution in [1.82, 2.24) is 4.98 Å². The predicted octanol–water partition coefficient (Wildman–Crippen LogP) is 3.54. The van der Waals surface area contributed by atoms with E-state index in [-0.39, 0.29) is 17.5 Å². The molecular weight excluding hydrogens is 229 g/mol. The molecule has 0 saturated heterocycles. The zero-order valence-electron chi connectivity index (χ0n) is 9.95. The number of nitrogens with one attached hydrogen (secondary N) is 1. The van der Waals surface area contributed by atoms with Gasteiger partial charge in [-0.05, 0) is 49.3 Å². The van der Waals surface area contributed by atoms with Gasteiger partial charge in [-0.1, -0.05) is 0 Å². The highest BCUT2D eigenvalue weighted by molar-refractivity contribution is 6.09. The second-order valence-electron chi connectivity index (χ2n) is 5.68. The minimum absolute atomic E-state index is 0.192. The van der Waals surface area contributed by atoms with Gasteiger partial charge in [0.1, 0.15) is 5.82 Å². The zero-order valence-corrected chi connectivity index (χ0v) is 9.95. The van der Waals surface area contributed by atoms with Gasteiger partial charge in [0.25, 0.3) is 0 Å². The molecule has 2 saturated carbocycles. The Morgan fingerprint density at radius 2 is 2.00 bits per heavy atom. The average molecular weight is 243 g/mol. The van der Waals surface area contributed by atoms with Crippen LogP contribution in [0, 0.1) is 23.6 Å². The normalized spacial score (nSPS) is 29.5. The van der Waals surface area contributed by atoms with Crippen LogP contribution in [0.4, 0.5) is 4.39 Å². The molecule has 1 aromatic heterocycles. The molecule has 2 aromatic rings. The molecule has 2 aliphatic rings. The fourth-order valence-corrected chi connectivity index (χ4v) is 3.45. The van der Waals surface area contributed by atoms with Gasteiger partial charge >= 0.3 is 0 Å². The lowest BCUT2D eigenvalue weighted by molar-refractivity contribution is 0.0916. The van der Waals surface area contributed by atoms with Gasteiger partial charge in [-0.15, -0.1) is 0 Å². The summed E-state index contributed by atoms with van der Waals surface area (Å²) >= 11 is 0. The van der Waals surface area contributed by atoms with Gasteiger partial charge in [0.2, 0.25) is 0 Å². The predicted molar refractivity (Wildman–Crippen MR) is 66.9 cm³/mol. The lowest BCUT2D eigenvalue weighted by Crippen LogP contribution is -2.12. The van der Waals surface area contributed by atoms with Crippen LogP contribution in [0.2, 0.25) is 0 Å². The number of ketones is 1. The number of Topliss-reactive ketones (excluding diaryl/α,β-unsaturated/α-hetero) is 1. The number of halogens is 1. The van der Waals surface area contributed by atoms with Crippen molar-refractivity contribution in [2.24, 2.45) is 17.8 Å². The van der Waals surface area contributed by atoms with E-state index in [2.05, 4.69) is 4.98 Å². The Labute approximate surface area is 104 Å². The van der Waals surface area contributed by atoms with E-state index in [1.54, 1.807) is 12.3 Å². The van der Waals surface area contributed by atoms with E-state index in [0.717, 1.165) is 35.6 Å². The van der Waals surface area contributed by atoms with E-state index in [1.165, 1.54) is 18.6 Å². The second-order valence-corrected chi connectivity index (χ2v) is 5.68. The van der Waals surface area contributed by atoms with Crippen LogP contribution in [0.15, 0.2) is 24.4 Å². The van der Waals surface area contributed by atoms with Crippen molar-refractivity contribution < 1.29 is 9.18 Å². The zero-order chi connectivity index (χ0) is 12.3. The highest BCUT2D eigenvalue weighted by atomic mass is 19.1. The largest absolute Gasteiger partial charge is 0.360 e. The topological polar surface area (TPSA) is 32.9 Å². The number of hydrogen-bond donors (Lipinski definition) is 1. The van der Waals surface area contributed by atoms with Crippen LogP contribution >= 0.6 is 0 Å². The SMILES string of the molecule is O=C(c1c[nH]c2cc(F)ccc12)C1CC2CC2C1. The molecule has 18 heavy (non-hydrogen) atoms. The van der Waals surface area contributed by atoms with Crippen molar-refractivity contribution in [1.29, 1.82) is 0 Å². The first-order valence-electron chi connectivity index (χ1n) is 6.53. The number of aromatic nitrogens is 1. The maximum absolute atomic E-state index is 13.1. The smallest absolute Gasteiger partial charge is 0.168 e. The molecule has 0 bridgehead atoms. The fraction of sp³-hybridized carbons (Fsp3) is 0.400. The lowest BCUT2D eigenvalue weighted by atomic mass is 9.93. The third kappa shape index (κ3) is 1.43. The van der Waals surface area contributed by atoms with Crippen LogP contribution in [0.25, 0.3) is 10.9 Å². The van der Waals surface area contributed by atoms with Crippen LogP contribution in [0.5, 0.6) is 0 Å². The summed E-state index contributed by atoms with van der Waals surface area (Å²) in [6.07, 6.45) is 5.16. The minimum Gasteiger partial charge on any atom is -0.360 e. The molecule has 1 aromatic carbocycles. The molecule has 2 nitrogen and oxygen atoms in total. The van der Waals surface area contributed by atoms with Crippen LogP contribution in [-0.2, 0) is 0 Å². The molecule has 0 amide bonds. The Bertz CT molecular complexity index is 635. The van der Waals surface area contributed by atoms with Crippen LogP contribution in [0.3, 0.4) is 0 Å². The fourth-order valence-electron chi connectivity index (χ4n) is 3.45. The summed E-state index contributed by atoms with van der Waals surface area (Å²) in [6.45, 7) is 0. The van der Waals surface area contributed by atoms with E-state index in [1.807, 2.05) is 0 Å². The van der Waals surface area contributed by atoms with Gasteiger partial charge in [0.15, 0.2) is 5.78 Å². The van der Waals surface area contributed by atoms with Gasteiger partial charge in [-0.2, -0.15) is 0 Å². The van der Waals surface area contributed by atoms with Crippen molar-refractivity contribution >= 4 is 16.7 Å².